The van der Waals surface area contributed by atoms with Crippen molar-refractivity contribution in [3.05, 3.63) is 76.9 Å². The zero-order chi connectivity index (χ0) is 14.8. The monoisotopic (exact) mass is 385 g/mol. The average Bonchev–Trinajstić information content (AvgIpc) is 2.83. The van der Waals surface area contributed by atoms with Gasteiger partial charge in [-0.05, 0) is 53.8 Å². The van der Waals surface area contributed by atoms with Gasteiger partial charge in [0.15, 0.2) is 0 Å². The second-order valence-corrected chi connectivity index (χ2v) is 6.25. The summed E-state index contributed by atoms with van der Waals surface area (Å²) in [6.45, 7) is 6.00. The molecule has 3 rings (SSSR count). The van der Waals surface area contributed by atoms with E-state index in [0.717, 1.165) is 9.28 Å². The third-order valence-electron chi connectivity index (χ3n) is 3.57. The van der Waals surface area contributed by atoms with E-state index >= 15 is 0 Å². The summed E-state index contributed by atoms with van der Waals surface area (Å²) in [7, 11) is 0. The average molecular weight is 385 g/mol. The molecular formula is C19H16IN. The van der Waals surface area contributed by atoms with Crippen molar-refractivity contribution in [3.63, 3.8) is 0 Å². The van der Waals surface area contributed by atoms with Crippen LogP contribution in [0.5, 0.6) is 0 Å². The molecule has 0 saturated heterocycles. The van der Waals surface area contributed by atoms with Gasteiger partial charge >= 0.3 is 0 Å². The van der Waals surface area contributed by atoms with Crippen LogP contribution in [0.3, 0.4) is 0 Å². The first-order valence-corrected chi connectivity index (χ1v) is 7.97. The van der Waals surface area contributed by atoms with Crippen LogP contribution in [0.15, 0.2) is 76.9 Å². The third-order valence-corrected chi connectivity index (χ3v) is 3.93. The van der Waals surface area contributed by atoms with Gasteiger partial charge in [0, 0.05) is 20.0 Å². The molecule has 0 N–H and O–H groups in total. The second kappa shape index (κ2) is 5.90. The molecule has 0 atom stereocenters. The van der Waals surface area contributed by atoms with Gasteiger partial charge in [-0.25, -0.2) is 0 Å². The van der Waals surface area contributed by atoms with Crippen LogP contribution in [-0.4, -0.2) is 4.57 Å². The molecule has 0 amide bonds. The Morgan fingerprint density at radius 2 is 1.48 bits per heavy atom. The van der Waals surface area contributed by atoms with Crippen LogP contribution in [0.25, 0.3) is 27.5 Å². The maximum absolute atomic E-state index is 3.93. The molecule has 2 aromatic carbocycles. The highest BCUT2D eigenvalue weighted by Gasteiger charge is 2.10. The molecule has 0 unspecified atom stereocenters. The number of hydrogen-bond donors (Lipinski definition) is 0. The molecule has 1 heterocycles. The van der Waals surface area contributed by atoms with E-state index in [4.69, 9.17) is 0 Å². The Hall–Kier alpha value is -1.81. The van der Waals surface area contributed by atoms with Crippen molar-refractivity contribution in [2.24, 2.45) is 0 Å². The normalized spacial score (nSPS) is 12.6. The first-order chi connectivity index (χ1) is 10.2. The van der Waals surface area contributed by atoms with E-state index in [1.165, 1.54) is 21.8 Å². The summed E-state index contributed by atoms with van der Waals surface area (Å²) >= 11 is 2.23. The quantitative estimate of drug-likeness (QED) is 0.376. The highest BCUT2D eigenvalue weighted by atomic mass is 127. The Morgan fingerprint density at radius 1 is 0.952 bits per heavy atom. The van der Waals surface area contributed by atoms with Gasteiger partial charge in [-0.2, -0.15) is 0 Å². The highest BCUT2D eigenvalue weighted by Crippen LogP contribution is 2.31. The molecule has 0 fully saturated rings. The van der Waals surface area contributed by atoms with Gasteiger partial charge in [0.05, 0.1) is 11.0 Å². The molecule has 0 bridgehead atoms. The number of benzene rings is 2. The fourth-order valence-corrected chi connectivity index (χ4v) is 2.86. The number of allylic oxidation sites excluding steroid dienone is 5. The van der Waals surface area contributed by atoms with Crippen molar-refractivity contribution >= 4 is 50.1 Å². The molecule has 0 aliphatic rings. The Morgan fingerprint density at radius 3 is 1.95 bits per heavy atom. The van der Waals surface area contributed by atoms with Crippen LogP contribution in [-0.2, 0) is 0 Å². The van der Waals surface area contributed by atoms with Crippen molar-refractivity contribution < 1.29 is 0 Å². The summed E-state index contributed by atoms with van der Waals surface area (Å²) < 4.78 is 3.33. The summed E-state index contributed by atoms with van der Waals surface area (Å²) in [5.74, 6) is 0. The SMILES string of the molecule is C=C(I)/C=C\C(=C/C)n1c2ccccc2c2ccccc21. The van der Waals surface area contributed by atoms with Crippen LogP contribution >= 0.6 is 22.6 Å². The summed E-state index contributed by atoms with van der Waals surface area (Å²) in [6.07, 6.45) is 6.29. The predicted molar refractivity (Wildman–Crippen MR) is 102 cm³/mol. The number of halogens is 1. The Labute approximate surface area is 138 Å². The fourth-order valence-electron chi connectivity index (χ4n) is 2.68. The van der Waals surface area contributed by atoms with Crippen LogP contribution in [0.2, 0.25) is 0 Å². The first kappa shape index (κ1) is 14.1. The molecule has 1 nitrogen and oxygen atoms in total. The van der Waals surface area contributed by atoms with Crippen LogP contribution < -0.4 is 0 Å². The number of aromatic nitrogens is 1. The lowest BCUT2D eigenvalue weighted by atomic mass is 10.2. The van der Waals surface area contributed by atoms with E-state index in [-0.39, 0.29) is 0 Å². The topological polar surface area (TPSA) is 4.93 Å². The molecule has 0 spiro atoms. The smallest absolute Gasteiger partial charge is 0.0540 e. The predicted octanol–water partition coefficient (Wildman–Crippen LogP) is 6.16. The van der Waals surface area contributed by atoms with Gasteiger partial charge in [0.25, 0.3) is 0 Å². The minimum absolute atomic E-state index is 1.02. The number of para-hydroxylation sites is 2. The molecule has 3 aromatic rings. The molecule has 1 aromatic heterocycles. The number of hydrogen-bond acceptors (Lipinski definition) is 0. The summed E-state index contributed by atoms with van der Waals surface area (Å²) in [6, 6.07) is 17.1. The number of rotatable bonds is 3. The summed E-state index contributed by atoms with van der Waals surface area (Å²) in [5.41, 5.74) is 3.62. The van der Waals surface area contributed by atoms with Crippen LogP contribution in [0.4, 0.5) is 0 Å². The van der Waals surface area contributed by atoms with E-state index in [9.17, 15) is 0 Å². The van der Waals surface area contributed by atoms with Crippen LogP contribution in [0, 0.1) is 0 Å². The van der Waals surface area contributed by atoms with E-state index in [1.54, 1.807) is 0 Å². The fraction of sp³-hybridized carbons (Fsp3) is 0.0526. The van der Waals surface area contributed by atoms with E-state index in [2.05, 4.69) is 101 Å². The van der Waals surface area contributed by atoms with Crippen molar-refractivity contribution in [3.8, 4) is 0 Å². The highest BCUT2D eigenvalue weighted by molar-refractivity contribution is 14.1. The van der Waals surface area contributed by atoms with Crippen LogP contribution in [0.1, 0.15) is 6.92 Å². The lowest BCUT2D eigenvalue weighted by molar-refractivity contribution is 1.23. The van der Waals surface area contributed by atoms with E-state index in [1.807, 2.05) is 6.08 Å². The van der Waals surface area contributed by atoms with Gasteiger partial charge in [-0.15, -0.1) is 0 Å². The number of nitrogens with zero attached hydrogens (tertiary/aromatic N) is 1. The van der Waals surface area contributed by atoms with Crippen molar-refractivity contribution in [2.45, 2.75) is 6.92 Å². The molecule has 0 saturated carbocycles. The van der Waals surface area contributed by atoms with Crippen molar-refractivity contribution in [1.29, 1.82) is 0 Å². The minimum Gasteiger partial charge on any atom is -0.310 e. The molecular weight excluding hydrogens is 369 g/mol. The second-order valence-electron chi connectivity index (χ2n) is 4.86. The van der Waals surface area contributed by atoms with Gasteiger partial charge in [-0.3, -0.25) is 0 Å². The van der Waals surface area contributed by atoms with Gasteiger partial charge in [-0.1, -0.05) is 49.1 Å². The first-order valence-electron chi connectivity index (χ1n) is 6.89. The Bertz CT molecular complexity index is 828. The maximum atomic E-state index is 3.93. The van der Waals surface area contributed by atoms with Gasteiger partial charge in [0.1, 0.15) is 0 Å². The molecule has 21 heavy (non-hydrogen) atoms. The Kier molecular flexibility index (Phi) is 3.97. The Balaban J connectivity index is 2.36. The molecule has 0 aliphatic carbocycles. The van der Waals surface area contributed by atoms with Crippen molar-refractivity contribution in [1.82, 2.24) is 4.57 Å². The molecule has 0 aliphatic heterocycles. The maximum Gasteiger partial charge on any atom is 0.0540 e. The summed E-state index contributed by atoms with van der Waals surface area (Å²) in [5, 5.41) is 2.57. The third kappa shape index (κ3) is 2.56. The van der Waals surface area contributed by atoms with Crippen molar-refractivity contribution in [2.75, 3.05) is 0 Å². The van der Waals surface area contributed by atoms with Gasteiger partial charge < -0.3 is 4.57 Å². The van der Waals surface area contributed by atoms with Gasteiger partial charge in [0.2, 0.25) is 0 Å². The summed E-state index contributed by atoms with van der Waals surface area (Å²) in [4.78, 5) is 0. The standard InChI is InChI=1S/C19H16IN/c1-3-15(13-12-14(2)20)21-18-10-6-4-8-16(18)17-9-5-7-11-19(17)21/h3-13H,2H2,1H3/b13-12-,15-3+. The zero-order valence-electron chi connectivity index (χ0n) is 11.9. The van der Waals surface area contributed by atoms with E-state index in [0.29, 0.717) is 0 Å². The minimum atomic E-state index is 1.02. The molecule has 2 heteroatoms. The largest absolute Gasteiger partial charge is 0.310 e. The van der Waals surface area contributed by atoms with E-state index < -0.39 is 0 Å². The molecule has 104 valence electrons. The zero-order valence-corrected chi connectivity index (χ0v) is 14.0. The number of fused-ring (bicyclic) bond motifs is 3. The lowest BCUT2D eigenvalue weighted by Gasteiger charge is -2.08. The lowest BCUT2D eigenvalue weighted by Crippen LogP contribution is -1.93. The molecule has 0 radical (unpaired) electrons.